The second-order valence-electron chi connectivity index (χ2n) is 9.39. The fourth-order valence-corrected chi connectivity index (χ4v) is 5.29. The fraction of sp³-hybridized carbons (Fsp3) is 0.500. The summed E-state index contributed by atoms with van der Waals surface area (Å²) in [6.45, 7) is 4.63. The van der Waals surface area contributed by atoms with E-state index < -0.39 is 0 Å². The highest BCUT2D eigenvalue weighted by atomic mass is 16.1. The van der Waals surface area contributed by atoms with Crippen molar-refractivity contribution in [3.8, 4) is 11.3 Å². The van der Waals surface area contributed by atoms with Gasteiger partial charge in [0.15, 0.2) is 5.65 Å². The summed E-state index contributed by atoms with van der Waals surface area (Å²) < 4.78 is 2.07. The van der Waals surface area contributed by atoms with Gasteiger partial charge < -0.3 is 16.4 Å². The summed E-state index contributed by atoms with van der Waals surface area (Å²) in [6.07, 6.45) is 6.24. The van der Waals surface area contributed by atoms with Crippen molar-refractivity contribution in [1.29, 1.82) is 0 Å². The van der Waals surface area contributed by atoms with Gasteiger partial charge in [-0.25, -0.2) is 14.6 Å². The number of rotatable bonds is 5. The van der Waals surface area contributed by atoms with Crippen LogP contribution < -0.4 is 11.5 Å². The van der Waals surface area contributed by atoms with Crippen LogP contribution in [0.4, 0.5) is 5.82 Å². The first-order chi connectivity index (χ1) is 16.0. The molecule has 174 valence electrons. The lowest BCUT2D eigenvalue weighted by Crippen LogP contribution is -2.49. The van der Waals surface area contributed by atoms with Crippen LogP contribution in [0.5, 0.6) is 0 Å². The average molecular weight is 449 g/mol. The first kappa shape index (κ1) is 21.8. The van der Waals surface area contributed by atoms with E-state index in [-0.39, 0.29) is 12.3 Å². The third-order valence-corrected chi connectivity index (χ3v) is 7.19. The molecule has 0 bridgehead atoms. The van der Waals surface area contributed by atoms with E-state index in [0.29, 0.717) is 17.9 Å². The van der Waals surface area contributed by atoms with Crippen LogP contribution in [0.3, 0.4) is 0 Å². The normalized spacial score (nSPS) is 22.6. The minimum atomic E-state index is -0.345. The largest absolute Gasteiger partial charge is 0.383 e. The SMILES string of the molecule is CN1CCN(C2CCC(n3nc(-c4ccc(CC(N)=O)cc4)c4c(N)ncnc43)CC2)CC1. The van der Waals surface area contributed by atoms with Crippen molar-refractivity contribution in [2.75, 3.05) is 39.0 Å². The summed E-state index contributed by atoms with van der Waals surface area (Å²) in [5.41, 5.74) is 15.0. The molecule has 1 saturated carbocycles. The number of carbonyl (C=O) groups is 1. The van der Waals surface area contributed by atoms with Gasteiger partial charge in [0.25, 0.3) is 0 Å². The van der Waals surface area contributed by atoms with Gasteiger partial charge in [0.05, 0.1) is 17.8 Å². The number of aromatic nitrogens is 4. The molecule has 1 saturated heterocycles. The van der Waals surface area contributed by atoms with Gasteiger partial charge in [0.2, 0.25) is 5.91 Å². The molecule has 0 radical (unpaired) electrons. The fourth-order valence-electron chi connectivity index (χ4n) is 5.29. The molecule has 0 spiro atoms. The maximum atomic E-state index is 11.2. The zero-order chi connectivity index (χ0) is 22.9. The predicted octanol–water partition coefficient (Wildman–Crippen LogP) is 1.83. The zero-order valence-electron chi connectivity index (χ0n) is 19.2. The second kappa shape index (κ2) is 9.07. The van der Waals surface area contributed by atoms with Crippen LogP contribution in [0.2, 0.25) is 0 Å². The summed E-state index contributed by atoms with van der Waals surface area (Å²) in [7, 11) is 2.20. The second-order valence-corrected chi connectivity index (χ2v) is 9.39. The molecule has 1 aromatic carbocycles. The van der Waals surface area contributed by atoms with E-state index >= 15 is 0 Å². The molecular weight excluding hydrogens is 416 g/mol. The number of nitrogens with zero attached hydrogens (tertiary/aromatic N) is 6. The predicted molar refractivity (Wildman–Crippen MR) is 128 cm³/mol. The lowest BCUT2D eigenvalue weighted by molar-refractivity contribution is -0.117. The maximum Gasteiger partial charge on any atom is 0.221 e. The summed E-state index contributed by atoms with van der Waals surface area (Å²) in [5.74, 6) is 0.0934. The van der Waals surface area contributed by atoms with E-state index in [1.54, 1.807) is 0 Å². The van der Waals surface area contributed by atoms with Crippen molar-refractivity contribution in [1.82, 2.24) is 29.5 Å². The Hall–Kier alpha value is -3.04. The zero-order valence-corrected chi connectivity index (χ0v) is 19.2. The first-order valence-electron chi connectivity index (χ1n) is 11.8. The average Bonchev–Trinajstić information content (AvgIpc) is 3.21. The third-order valence-electron chi connectivity index (χ3n) is 7.19. The minimum absolute atomic E-state index is 0.220. The Bertz CT molecular complexity index is 1130. The van der Waals surface area contributed by atoms with Crippen molar-refractivity contribution in [2.24, 2.45) is 5.73 Å². The van der Waals surface area contributed by atoms with Crippen LogP contribution in [-0.2, 0) is 11.2 Å². The van der Waals surface area contributed by atoms with Crippen LogP contribution in [0.15, 0.2) is 30.6 Å². The number of primary amides is 1. The highest BCUT2D eigenvalue weighted by Gasteiger charge is 2.30. The van der Waals surface area contributed by atoms with Gasteiger partial charge in [-0.2, -0.15) is 5.10 Å². The Morgan fingerprint density at radius 3 is 2.33 bits per heavy atom. The van der Waals surface area contributed by atoms with Crippen molar-refractivity contribution in [3.05, 3.63) is 36.2 Å². The number of hydrogen-bond acceptors (Lipinski definition) is 7. The number of likely N-dealkylation sites (N-methyl/N-ethyl adjacent to an activating group) is 1. The number of nitrogens with two attached hydrogens (primary N) is 2. The summed E-state index contributed by atoms with van der Waals surface area (Å²) >= 11 is 0. The number of piperazine rings is 1. The Balaban J connectivity index is 1.40. The summed E-state index contributed by atoms with van der Waals surface area (Å²) in [6, 6.07) is 8.70. The molecule has 9 nitrogen and oxygen atoms in total. The minimum Gasteiger partial charge on any atom is -0.383 e. The quantitative estimate of drug-likeness (QED) is 0.611. The monoisotopic (exact) mass is 448 g/mol. The van der Waals surface area contributed by atoms with Crippen LogP contribution in [0.1, 0.15) is 37.3 Å². The lowest BCUT2D eigenvalue weighted by Gasteiger charge is -2.41. The summed E-state index contributed by atoms with van der Waals surface area (Å²) in [4.78, 5) is 25.1. The molecule has 0 atom stereocenters. The summed E-state index contributed by atoms with van der Waals surface area (Å²) in [5, 5.41) is 5.80. The third kappa shape index (κ3) is 4.43. The van der Waals surface area contributed by atoms with Crippen molar-refractivity contribution < 1.29 is 4.79 Å². The lowest BCUT2D eigenvalue weighted by atomic mass is 9.90. The Morgan fingerprint density at radius 1 is 1.00 bits per heavy atom. The number of hydrogen-bond donors (Lipinski definition) is 2. The van der Waals surface area contributed by atoms with Crippen molar-refractivity contribution in [2.45, 2.75) is 44.2 Å². The van der Waals surface area contributed by atoms with Gasteiger partial charge in [-0.1, -0.05) is 24.3 Å². The molecule has 3 heterocycles. The highest BCUT2D eigenvalue weighted by Crippen LogP contribution is 2.37. The van der Waals surface area contributed by atoms with Crippen LogP contribution >= 0.6 is 0 Å². The smallest absolute Gasteiger partial charge is 0.221 e. The molecule has 4 N–H and O–H groups in total. The molecule has 2 fully saturated rings. The number of anilines is 1. The van der Waals surface area contributed by atoms with Gasteiger partial charge in [0, 0.05) is 37.8 Å². The molecule has 3 aromatic rings. The van der Waals surface area contributed by atoms with E-state index in [2.05, 4.69) is 31.5 Å². The van der Waals surface area contributed by atoms with Crippen LogP contribution in [-0.4, -0.2) is 74.7 Å². The van der Waals surface area contributed by atoms with E-state index in [0.717, 1.165) is 66.9 Å². The van der Waals surface area contributed by atoms with E-state index in [4.69, 9.17) is 16.6 Å². The molecule has 2 aromatic heterocycles. The molecule has 0 unspecified atom stereocenters. The van der Waals surface area contributed by atoms with E-state index in [1.165, 1.54) is 19.2 Å². The van der Waals surface area contributed by atoms with E-state index in [1.807, 2.05) is 24.3 Å². The van der Waals surface area contributed by atoms with Crippen LogP contribution in [0.25, 0.3) is 22.3 Å². The Kier molecular flexibility index (Phi) is 5.99. The Labute approximate surface area is 193 Å². The van der Waals surface area contributed by atoms with Gasteiger partial charge in [-0.15, -0.1) is 0 Å². The van der Waals surface area contributed by atoms with Crippen molar-refractivity contribution >= 4 is 22.8 Å². The highest BCUT2D eigenvalue weighted by molar-refractivity contribution is 5.98. The number of amides is 1. The molecule has 1 aliphatic carbocycles. The van der Waals surface area contributed by atoms with Gasteiger partial charge in [-0.3, -0.25) is 9.69 Å². The molecular formula is C24H32N8O. The van der Waals surface area contributed by atoms with E-state index in [9.17, 15) is 4.79 Å². The van der Waals surface area contributed by atoms with Crippen LogP contribution in [0, 0.1) is 0 Å². The van der Waals surface area contributed by atoms with Gasteiger partial charge >= 0.3 is 0 Å². The number of benzene rings is 1. The number of fused-ring (bicyclic) bond motifs is 1. The standard InChI is InChI=1S/C24H32N8O/c1-30-10-12-31(13-11-30)18-6-8-19(9-7-18)32-24-21(23(26)27-15-28-24)22(29-32)17-4-2-16(3-5-17)14-20(25)33/h2-5,15,18-19H,6-14H2,1H3,(H2,25,33)(H2,26,27,28). The number of carbonyl (C=O) groups excluding carboxylic acids is 1. The first-order valence-corrected chi connectivity index (χ1v) is 11.8. The number of nitrogen functional groups attached to an aromatic ring is 1. The molecule has 2 aliphatic rings. The molecule has 9 heteroatoms. The van der Waals surface area contributed by atoms with Gasteiger partial charge in [0.1, 0.15) is 17.8 Å². The molecule has 33 heavy (non-hydrogen) atoms. The molecule has 1 aliphatic heterocycles. The van der Waals surface area contributed by atoms with Gasteiger partial charge in [-0.05, 0) is 38.3 Å². The maximum absolute atomic E-state index is 11.2. The topological polar surface area (TPSA) is 119 Å². The molecule has 1 amide bonds. The Morgan fingerprint density at radius 2 is 1.67 bits per heavy atom. The molecule has 5 rings (SSSR count). The van der Waals surface area contributed by atoms with Crippen molar-refractivity contribution in [3.63, 3.8) is 0 Å².